The number of hydrogen-bond donors (Lipinski definition) is 2. The lowest BCUT2D eigenvalue weighted by molar-refractivity contribution is 0.101. The van der Waals surface area contributed by atoms with Crippen LogP contribution in [0.15, 0.2) is 66.7 Å². The molecule has 0 bridgehead atoms. The number of ether oxygens (including phenoxy) is 2. The minimum Gasteiger partial charge on any atom is -0.497 e. The molecule has 4 rings (SSSR count). The van der Waals surface area contributed by atoms with Gasteiger partial charge >= 0.3 is 0 Å². The maximum Gasteiger partial charge on any atom is 0.257 e. The van der Waals surface area contributed by atoms with Crippen molar-refractivity contribution in [2.45, 2.75) is 6.92 Å². The van der Waals surface area contributed by atoms with E-state index in [1.165, 1.54) is 25.3 Å². The van der Waals surface area contributed by atoms with E-state index in [0.29, 0.717) is 34.1 Å². The Labute approximate surface area is 195 Å². The lowest BCUT2D eigenvalue weighted by atomic mass is 10.1. The summed E-state index contributed by atoms with van der Waals surface area (Å²) in [5, 5.41) is 6.33. The average Bonchev–Trinajstić information content (AvgIpc) is 2.83. The van der Waals surface area contributed by atoms with Crippen molar-refractivity contribution in [3.63, 3.8) is 0 Å². The number of fused-ring (bicyclic) bond motifs is 1. The number of carbonyl (C=O) groups is 2. The number of methoxy groups -OCH3 is 2. The van der Waals surface area contributed by atoms with E-state index in [9.17, 15) is 14.0 Å². The van der Waals surface area contributed by atoms with Crippen LogP contribution in [0.2, 0.25) is 0 Å². The fraction of sp³-hybridized carbons (Fsp3) is 0.115. The lowest BCUT2D eigenvalue weighted by Crippen LogP contribution is -2.16. The fourth-order valence-corrected chi connectivity index (χ4v) is 3.51. The zero-order valence-electron chi connectivity index (χ0n) is 18.8. The van der Waals surface area contributed by atoms with Crippen LogP contribution in [0.1, 0.15) is 26.4 Å². The Kier molecular flexibility index (Phi) is 6.40. The van der Waals surface area contributed by atoms with Crippen molar-refractivity contribution >= 4 is 34.1 Å². The van der Waals surface area contributed by atoms with Gasteiger partial charge < -0.3 is 20.1 Å². The van der Waals surface area contributed by atoms with Crippen LogP contribution in [0.3, 0.4) is 0 Å². The summed E-state index contributed by atoms with van der Waals surface area (Å²) in [6.07, 6.45) is 0. The Hall–Kier alpha value is -4.46. The van der Waals surface area contributed by atoms with Gasteiger partial charge in [-0.2, -0.15) is 0 Å². The SMILES string of the molecule is COc1ccc2cc(C(=O)Nc3ccc(OC)c(NC(=O)c4cccc(F)c4)c3)c(C)nc2c1. The molecule has 4 aromatic rings. The molecule has 7 nitrogen and oxygen atoms in total. The molecule has 8 heteroatoms. The maximum absolute atomic E-state index is 13.5. The van der Waals surface area contributed by atoms with E-state index < -0.39 is 11.7 Å². The van der Waals surface area contributed by atoms with Crippen molar-refractivity contribution in [2.24, 2.45) is 0 Å². The van der Waals surface area contributed by atoms with Crippen LogP contribution >= 0.6 is 0 Å². The van der Waals surface area contributed by atoms with Crippen molar-refractivity contribution in [2.75, 3.05) is 24.9 Å². The van der Waals surface area contributed by atoms with Gasteiger partial charge in [-0.05, 0) is 61.5 Å². The van der Waals surface area contributed by atoms with Gasteiger partial charge in [-0.1, -0.05) is 6.07 Å². The number of nitrogens with zero attached hydrogens (tertiary/aromatic N) is 1. The minimum atomic E-state index is -0.515. The van der Waals surface area contributed by atoms with Crippen molar-refractivity contribution in [1.29, 1.82) is 0 Å². The van der Waals surface area contributed by atoms with Crippen LogP contribution in [0.5, 0.6) is 11.5 Å². The van der Waals surface area contributed by atoms with Crippen molar-refractivity contribution < 1.29 is 23.5 Å². The predicted octanol–water partition coefficient (Wildman–Crippen LogP) is 5.20. The first-order valence-corrected chi connectivity index (χ1v) is 10.4. The normalized spacial score (nSPS) is 10.6. The van der Waals surface area contributed by atoms with Crippen molar-refractivity contribution in [1.82, 2.24) is 4.98 Å². The van der Waals surface area contributed by atoms with E-state index in [2.05, 4.69) is 15.6 Å². The Bertz CT molecular complexity index is 1400. The monoisotopic (exact) mass is 459 g/mol. The molecule has 0 unspecified atom stereocenters. The summed E-state index contributed by atoms with van der Waals surface area (Å²) in [4.78, 5) is 30.1. The van der Waals surface area contributed by atoms with Crippen LogP contribution in [-0.4, -0.2) is 31.0 Å². The molecule has 0 aliphatic rings. The largest absolute Gasteiger partial charge is 0.497 e. The summed E-state index contributed by atoms with van der Waals surface area (Å²) >= 11 is 0. The van der Waals surface area contributed by atoms with Gasteiger partial charge in [0.2, 0.25) is 0 Å². The summed E-state index contributed by atoms with van der Waals surface area (Å²) in [5.74, 6) is -0.303. The molecule has 0 aliphatic heterocycles. The second kappa shape index (κ2) is 9.58. The molecule has 1 aromatic heterocycles. The first-order chi connectivity index (χ1) is 16.4. The predicted molar refractivity (Wildman–Crippen MR) is 128 cm³/mol. The van der Waals surface area contributed by atoms with E-state index in [-0.39, 0.29) is 11.5 Å². The van der Waals surface area contributed by atoms with Crippen LogP contribution in [-0.2, 0) is 0 Å². The van der Waals surface area contributed by atoms with Gasteiger partial charge in [-0.15, -0.1) is 0 Å². The van der Waals surface area contributed by atoms with Gasteiger partial charge in [0.15, 0.2) is 0 Å². The number of carbonyl (C=O) groups excluding carboxylic acids is 2. The second-order valence-corrected chi connectivity index (χ2v) is 7.51. The van der Waals surface area contributed by atoms with E-state index in [0.717, 1.165) is 17.0 Å². The summed E-state index contributed by atoms with van der Waals surface area (Å²) in [7, 11) is 3.05. The first kappa shape index (κ1) is 22.7. The Morgan fingerprint density at radius 2 is 1.71 bits per heavy atom. The highest BCUT2D eigenvalue weighted by Gasteiger charge is 2.15. The Balaban J connectivity index is 1.58. The van der Waals surface area contributed by atoms with Gasteiger partial charge in [-0.3, -0.25) is 14.6 Å². The molecule has 0 atom stereocenters. The van der Waals surface area contributed by atoms with Crippen LogP contribution in [0.25, 0.3) is 10.9 Å². The zero-order valence-corrected chi connectivity index (χ0v) is 18.8. The van der Waals surface area contributed by atoms with E-state index >= 15 is 0 Å². The summed E-state index contributed by atoms with van der Waals surface area (Å²) < 4.78 is 24.0. The smallest absolute Gasteiger partial charge is 0.257 e. The summed E-state index contributed by atoms with van der Waals surface area (Å²) in [5.41, 5.74) is 2.63. The number of aromatic nitrogens is 1. The highest BCUT2D eigenvalue weighted by Crippen LogP contribution is 2.29. The van der Waals surface area contributed by atoms with Crippen molar-refractivity contribution in [3.05, 3.63) is 89.4 Å². The van der Waals surface area contributed by atoms with Gasteiger partial charge in [0.05, 0.1) is 36.7 Å². The molecule has 2 N–H and O–H groups in total. The molecular weight excluding hydrogens is 437 g/mol. The number of benzene rings is 3. The molecule has 0 aliphatic carbocycles. The summed E-state index contributed by atoms with van der Waals surface area (Å²) in [6, 6.07) is 17.4. The molecule has 172 valence electrons. The zero-order chi connectivity index (χ0) is 24.2. The Morgan fingerprint density at radius 1 is 0.882 bits per heavy atom. The number of pyridine rings is 1. The number of anilines is 2. The third-order valence-electron chi connectivity index (χ3n) is 5.25. The first-order valence-electron chi connectivity index (χ1n) is 10.4. The van der Waals surface area contributed by atoms with Crippen molar-refractivity contribution in [3.8, 4) is 11.5 Å². The highest BCUT2D eigenvalue weighted by molar-refractivity contribution is 6.08. The van der Waals surface area contributed by atoms with Crippen LogP contribution in [0.4, 0.5) is 15.8 Å². The summed E-state index contributed by atoms with van der Waals surface area (Å²) in [6.45, 7) is 1.76. The number of rotatable bonds is 6. The quantitative estimate of drug-likeness (QED) is 0.414. The number of hydrogen-bond acceptors (Lipinski definition) is 5. The van der Waals surface area contributed by atoms with E-state index in [1.807, 2.05) is 6.07 Å². The molecular formula is C26H22FN3O4. The third-order valence-corrected chi connectivity index (χ3v) is 5.25. The number of nitrogens with one attached hydrogen (secondary N) is 2. The molecule has 0 fully saturated rings. The fourth-order valence-electron chi connectivity index (χ4n) is 3.51. The van der Waals surface area contributed by atoms with Gasteiger partial charge in [-0.25, -0.2) is 4.39 Å². The van der Waals surface area contributed by atoms with Gasteiger partial charge in [0, 0.05) is 22.7 Å². The highest BCUT2D eigenvalue weighted by atomic mass is 19.1. The molecule has 34 heavy (non-hydrogen) atoms. The van der Waals surface area contributed by atoms with Crippen LogP contribution < -0.4 is 20.1 Å². The number of amides is 2. The second-order valence-electron chi connectivity index (χ2n) is 7.51. The minimum absolute atomic E-state index is 0.158. The molecule has 0 spiro atoms. The van der Waals surface area contributed by atoms with E-state index in [4.69, 9.17) is 9.47 Å². The molecule has 3 aromatic carbocycles. The molecule has 0 radical (unpaired) electrons. The molecule has 0 saturated heterocycles. The van der Waals surface area contributed by atoms with E-state index in [1.54, 1.807) is 50.4 Å². The number of halogens is 1. The van der Waals surface area contributed by atoms with Crippen LogP contribution in [0, 0.1) is 12.7 Å². The van der Waals surface area contributed by atoms with Gasteiger partial charge in [0.25, 0.3) is 11.8 Å². The molecule has 0 saturated carbocycles. The topological polar surface area (TPSA) is 89.5 Å². The lowest BCUT2D eigenvalue weighted by Gasteiger charge is -2.14. The molecule has 2 amide bonds. The average molecular weight is 459 g/mol. The third kappa shape index (κ3) is 4.80. The number of aryl methyl sites for hydroxylation is 1. The Morgan fingerprint density at radius 3 is 2.44 bits per heavy atom. The molecule has 1 heterocycles. The maximum atomic E-state index is 13.5. The van der Waals surface area contributed by atoms with Gasteiger partial charge in [0.1, 0.15) is 17.3 Å². The standard InChI is InChI=1S/C26H22FN3O4/c1-15-21(12-16-7-9-20(33-2)14-22(16)28-15)26(32)29-19-8-10-24(34-3)23(13-19)30-25(31)17-5-4-6-18(27)11-17/h4-14H,1-3H3,(H,29,32)(H,30,31).